The molecule has 0 amide bonds. The topological polar surface area (TPSA) is 26.3 Å². The lowest BCUT2D eigenvalue weighted by molar-refractivity contribution is -0.121. The first-order valence-electron chi connectivity index (χ1n) is 5.19. The van der Waals surface area contributed by atoms with Crippen LogP contribution in [0.3, 0.4) is 0 Å². The molecule has 0 aliphatic carbocycles. The van der Waals surface area contributed by atoms with Crippen molar-refractivity contribution in [3.05, 3.63) is 46.6 Å². The van der Waals surface area contributed by atoms with Crippen molar-refractivity contribution in [3.8, 4) is 0 Å². The number of carbonyl (C=O) groups excluding carboxylic acids is 1. The highest BCUT2D eigenvalue weighted by Crippen LogP contribution is 2.26. The van der Waals surface area contributed by atoms with Crippen molar-refractivity contribution in [1.29, 1.82) is 0 Å². The van der Waals surface area contributed by atoms with Crippen molar-refractivity contribution >= 4 is 21.7 Å². The second-order valence-corrected chi connectivity index (χ2v) is 5.23. The summed E-state index contributed by atoms with van der Waals surface area (Å²) in [4.78, 5) is 11.3. The molecule has 0 aromatic heterocycles. The first-order chi connectivity index (χ1) is 7.57. The zero-order valence-corrected chi connectivity index (χ0v) is 10.7. The van der Waals surface area contributed by atoms with Gasteiger partial charge in [0.05, 0.1) is 12.7 Å². The molecule has 0 spiro atoms. The lowest BCUT2D eigenvalue weighted by Gasteiger charge is -2.30. The molecule has 0 N–H and O–H groups in total. The second-order valence-electron chi connectivity index (χ2n) is 4.32. The molecule has 1 unspecified atom stereocenters. The molecule has 1 aromatic carbocycles. The van der Waals surface area contributed by atoms with E-state index in [1.165, 1.54) is 17.9 Å². The molecule has 2 nitrogen and oxygen atoms in total. The lowest BCUT2D eigenvalue weighted by atomic mass is 9.90. The summed E-state index contributed by atoms with van der Waals surface area (Å²) in [7, 11) is 0. The van der Waals surface area contributed by atoms with E-state index < -0.39 is 5.60 Å². The maximum Gasteiger partial charge on any atom is 0.162 e. The van der Waals surface area contributed by atoms with Crippen molar-refractivity contribution in [2.24, 2.45) is 0 Å². The third-order valence-electron chi connectivity index (χ3n) is 2.65. The molecule has 3 heteroatoms. The van der Waals surface area contributed by atoms with Gasteiger partial charge in [0.1, 0.15) is 5.60 Å². The number of hydrogen-bond acceptors (Lipinski definition) is 2. The number of halogens is 1. The van der Waals surface area contributed by atoms with Crippen LogP contribution >= 0.6 is 15.9 Å². The predicted octanol–water partition coefficient (Wildman–Crippen LogP) is 3.25. The summed E-state index contributed by atoms with van der Waals surface area (Å²) in [6, 6.07) is 8.08. The Bertz CT molecular complexity index is 422. The molecule has 84 valence electrons. The highest BCUT2D eigenvalue weighted by molar-refractivity contribution is 9.10. The molecule has 1 atom stereocenters. The van der Waals surface area contributed by atoms with Crippen LogP contribution in [0.15, 0.2) is 41.1 Å². The van der Waals surface area contributed by atoms with E-state index >= 15 is 0 Å². The van der Waals surface area contributed by atoms with Crippen LogP contribution in [0.2, 0.25) is 0 Å². The Morgan fingerprint density at radius 3 is 2.69 bits per heavy atom. The maximum absolute atomic E-state index is 11.3. The van der Waals surface area contributed by atoms with Gasteiger partial charge >= 0.3 is 0 Å². The van der Waals surface area contributed by atoms with Gasteiger partial charge in [-0.05, 0) is 24.6 Å². The highest BCUT2D eigenvalue weighted by atomic mass is 79.9. The van der Waals surface area contributed by atoms with Gasteiger partial charge in [-0.2, -0.15) is 0 Å². The quantitative estimate of drug-likeness (QED) is 0.831. The summed E-state index contributed by atoms with van der Waals surface area (Å²) in [5, 5.41) is 0. The molecule has 2 rings (SSSR count). The van der Waals surface area contributed by atoms with Gasteiger partial charge < -0.3 is 4.74 Å². The van der Waals surface area contributed by atoms with E-state index in [-0.39, 0.29) is 5.78 Å². The molecule has 0 saturated heterocycles. The molecule has 1 aliphatic rings. The first kappa shape index (κ1) is 11.4. The summed E-state index contributed by atoms with van der Waals surface area (Å²) < 4.78 is 6.61. The minimum absolute atomic E-state index is 0.130. The average molecular weight is 281 g/mol. The molecular weight excluding hydrogens is 268 g/mol. The Morgan fingerprint density at radius 1 is 1.38 bits per heavy atom. The van der Waals surface area contributed by atoms with Crippen LogP contribution in [0, 0.1) is 0 Å². The Hall–Kier alpha value is -1.09. The normalized spacial score (nSPS) is 24.2. The van der Waals surface area contributed by atoms with Gasteiger partial charge in [0.15, 0.2) is 5.78 Å². The molecular formula is C13H13BrO2. The summed E-state index contributed by atoms with van der Waals surface area (Å²) in [6.07, 6.45) is 4.18. The predicted molar refractivity (Wildman–Crippen MR) is 66.1 cm³/mol. The zero-order chi connectivity index (χ0) is 11.6. The lowest BCUT2D eigenvalue weighted by Crippen LogP contribution is -2.34. The first-order valence-corrected chi connectivity index (χ1v) is 5.98. The van der Waals surface area contributed by atoms with Gasteiger partial charge in [-0.25, -0.2) is 0 Å². The van der Waals surface area contributed by atoms with E-state index in [0.717, 1.165) is 10.9 Å². The second kappa shape index (κ2) is 4.42. The summed E-state index contributed by atoms with van der Waals surface area (Å²) in [5.41, 5.74) is 0.772. The van der Waals surface area contributed by atoms with Gasteiger partial charge in [-0.15, -0.1) is 0 Å². The Balaban J connectivity index is 2.12. The Kier molecular flexibility index (Phi) is 3.15. The largest absolute Gasteiger partial charge is 0.494 e. The van der Waals surface area contributed by atoms with Crippen molar-refractivity contribution in [2.75, 3.05) is 0 Å². The van der Waals surface area contributed by atoms with Crippen molar-refractivity contribution < 1.29 is 9.53 Å². The summed E-state index contributed by atoms with van der Waals surface area (Å²) >= 11 is 3.40. The summed E-state index contributed by atoms with van der Waals surface area (Å²) in [5.74, 6) is 0.130. The van der Waals surface area contributed by atoms with Crippen LogP contribution in [-0.4, -0.2) is 11.4 Å². The van der Waals surface area contributed by atoms with Crippen LogP contribution in [0.1, 0.15) is 18.9 Å². The van der Waals surface area contributed by atoms with E-state index in [4.69, 9.17) is 4.74 Å². The molecule has 1 heterocycles. The van der Waals surface area contributed by atoms with Crippen molar-refractivity contribution in [3.63, 3.8) is 0 Å². The molecule has 0 fully saturated rings. The average Bonchev–Trinajstić information content (AvgIpc) is 2.21. The third kappa shape index (κ3) is 2.73. The fourth-order valence-electron chi connectivity index (χ4n) is 1.88. The molecule has 1 aliphatic heterocycles. The number of ether oxygens (including phenoxy) is 1. The number of ketones is 1. The van der Waals surface area contributed by atoms with E-state index in [9.17, 15) is 4.79 Å². The molecule has 1 aromatic rings. The SMILES string of the molecule is CC1(Cc2ccc(Br)cc2)CC(=O)C=CO1. The van der Waals surface area contributed by atoms with Gasteiger partial charge in [0.2, 0.25) is 0 Å². The van der Waals surface area contributed by atoms with Crippen LogP contribution in [0.4, 0.5) is 0 Å². The number of carbonyl (C=O) groups is 1. The molecule has 0 saturated carbocycles. The van der Waals surface area contributed by atoms with Crippen LogP contribution in [-0.2, 0) is 16.0 Å². The van der Waals surface area contributed by atoms with Gasteiger partial charge in [-0.3, -0.25) is 4.79 Å². The number of benzene rings is 1. The molecule has 16 heavy (non-hydrogen) atoms. The Morgan fingerprint density at radius 2 is 2.06 bits per heavy atom. The molecule has 0 bridgehead atoms. The van der Waals surface area contributed by atoms with Crippen molar-refractivity contribution in [1.82, 2.24) is 0 Å². The van der Waals surface area contributed by atoms with Crippen LogP contribution < -0.4 is 0 Å². The maximum atomic E-state index is 11.3. The van der Waals surface area contributed by atoms with E-state index in [2.05, 4.69) is 15.9 Å². The Labute approximate surface area is 103 Å². The number of allylic oxidation sites excluding steroid dienone is 1. The highest BCUT2D eigenvalue weighted by Gasteiger charge is 2.30. The summed E-state index contributed by atoms with van der Waals surface area (Å²) in [6.45, 7) is 1.97. The van der Waals surface area contributed by atoms with Crippen molar-refractivity contribution in [2.45, 2.75) is 25.4 Å². The number of hydrogen-bond donors (Lipinski definition) is 0. The monoisotopic (exact) mass is 280 g/mol. The molecule has 0 radical (unpaired) electrons. The minimum atomic E-state index is -0.403. The van der Waals surface area contributed by atoms with Crippen LogP contribution in [0.5, 0.6) is 0 Å². The minimum Gasteiger partial charge on any atom is -0.494 e. The fraction of sp³-hybridized carbons (Fsp3) is 0.308. The zero-order valence-electron chi connectivity index (χ0n) is 9.07. The standard InChI is InChI=1S/C13H13BrO2/c1-13(9-12(15)6-7-16-13)8-10-2-4-11(14)5-3-10/h2-7H,8-9H2,1H3. The number of rotatable bonds is 2. The van der Waals surface area contributed by atoms with Gasteiger partial charge in [0, 0.05) is 17.0 Å². The van der Waals surface area contributed by atoms with Gasteiger partial charge in [0.25, 0.3) is 0 Å². The van der Waals surface area contributed by atoms with E-state index in [0.29, 0.717) is 6.42 Å². The third-order valence-corrected chi connectivity index (χ3v) is 3.17. The van der Waals surface area contributed by atoms with Crippen LogP contribution in [0.25, 0.3) is 0 Å². The van der Waals surface area contributed by atoms with E-state index in [1.807, 2.05) is 31.2 Å². The smallest absolute Gasteiger partial charge is 0.162 e. The van der Waals surface area contributed by atoms with Gasteiger partial charge in [-0.1, -0.05) is 28.1 Å². The fourth-order valence-corrected chi connectivity index (χ4v) is 2.15. The van der Waals surface area contributed by atoms with E-state index in [1.54, 1.807) is 0 Å².